The summed E-state index contributed by atoms with van der Waals surface area (Å²) in [5.41, 5.74) is 1.67. The molecule has 1 atom stereocenters. The predicted octanol–water partition coefficient (Wildman–Crippen LogP) is 3.54. The third-order valence-corrected chi connectivity index (χ3v) is 2.97. The Bertz CT molecular complexity index is 599. The predicted molar refractivity (Wildman–Crippen MR) is 69.9 cm³/mol. The largest absolute Gasteiger partial charge is 0.372 e. The van der Waals surface area contributed by atoms with Gasteiger partial charge in [0.1, 0.15) is 11.5 Å². The summed E-state index contributed by atoms with van der Waals surface area (Å²) in [5.74, 6) is -1.19. The first-order valence-corrected chi connectivity index (χ1v) is 5.99. The molecule has 100 valence electrons. The van der Waals surface area contributed by atoms with Crippen LogP contribution >= 0.6 is 0 Å². The molecule has 1 aromatic carbocycles. The normalized spacial score (nSPS) is 12.3. The van der Waals surface area contributed by atoms with Crippen LogP contribution in [0, 0.1) is 25.5 Å². The van der Waals surface area contributed by atoms with E-state index < -0.39 is 11.6 Å². The first-order valence-electron chi connectivity index (χ1n) is 5.99. The first-order chi connectivity index (χ1) is 9.00. The zero-order valence-electron chi connectivity index (χ0n) is 11.0. The summed E-state index contributed by atoms with van der Waals surface area (Å²) in [6.07, 6.45) is 3.14. The summed E-state index contributed by atoms with van der Waals surface area (Å²) >= 11 is 0. The number of nitrogens with zero attached hydrogens (tertiary/aromatic N) is 2. The second-order valence-electron chi connectivity index (χ2n) is 4.45. The molecule has 19 heavy (non-hydrogen) atoms. The van der Waals surface area contributed by atoms with E-state index >= 15 is 0 Å². The van der Waals surface area contributed by atoms with Crippen molar-refractivity contribution in [2.24, 2.45) is 0 Å². The second-order valence-corrected chi connectivity index (χ2v) is 4.45. The first kappa shape index (κ1) is 13.4. The van der Waals surface area contributed by atoms with Crippen LogP contribution in [0.15, 0.2) is 24.5 Å². The van der Waals surface area contributed by atoms with Crippen LogP contribution in [0.3, 0.4) is 0 Å². The average Bonchev–Trinajstić information content (AvgIpc) is 2.39. The van der Waals surface area contributed by atoms with E-state index in [0.29, 0.717) is 11.3 Å². The summed E-state index contributed by atoms with van der Waals surface area (Å²) in [4.78, 5) is 8.30. The number of benzene rings is 1. The van der Waals surface area contributed by atoms with E-state index in [-0.39, 0.29) is 11.7 Å². The number of rotatable bonds is 3. The molecule has 2 aromatic rings. The SMILES string of the molecule is Cc1ccc(F)c(NC(C)c2nccnc2C)c1F. The van der Waals surface area contributed by atoms with E-state index in [1.165, 1.54) is 12.1 Å². The van der Waals surface area contributed by atoms with Gasteiger partial charge in [-0.15, -0.1) is 0 Å². The maximum Gasteiger partial charge on any atom is 0.152 e. The van der Waals surface area contributed by atoms with Gasteiger partial charge in [0.05, 0.1) is 17.4 Å². The van der Waals surface area contributed by atoms with Crippen LogP contribution in [0.5, 0.6) is 0 Å². The van der Waals surface area contributed by atoms with Gasteiger partial charge >= 0.3 is 0 Å². The van der Waals surface area contributed by atoms with Gasteiger partial charge in [-0.2, -0.15) is 0 Å². The Labute approximate surface area is 110 Å². The Kier molecular flexibility index (Phi) is 3.74. The molecule has 1 aromatic heterocycles. The molecule has 0 spiro atoms. The van der Waals surface area contributed by atoms with Crippen LogP contribution in [-0.2, 0) is 0 Å². The topological polar surface area (TPSA) is 37.8 Å². The highest BCUT2D eigenvalue weighted by Gasteiger charge is 2.16. The Balaban J connectivity index is 2.32. The zero-order valence-corrected chi connectivity index (χ0v) is 11.0. The minimum absolute atomic E-state index is 0.127. The third-order valence-electron chi connectivity index (χ3n) is 2.97. The van der Waals surface area contributed by atoms with Gasteiger partial charge < -0.3 is 5.32 Å². The highest BCUT2D eigenvalue weighted by Crippen LogP contribution is 2.26. The number of anilines is 1. The van der Waals surface area contributed by atoms with Gasteiger partial charge in [0, 0.05) is 12.4 Å². The summed E-state index contributed by atoms with van der Waals surface area (Å²) < 4.78 is 27.6. The van der Waals surface area contributed by atoms with Gasteiger partial charge in [0.25, 0.3) is 0 Å². The average molecular weight is 263 g/mol. The Morgan fingerprint density at radius 3 is 2.47 bits per heavy atom. The monoisotopic (exact) mass is 263 g/mol. The molecule has 1 unspecified atom stereocenters. The fourth-order valence-corrected chi connectivity index (χ4v) is 1.92. The van der Waals surface area contributed by atoms with Crippen LogP contribution in [0.4, 0.5) is 14.5 Å². The summed E-state index contributed by atoms with van der Waals surface area (Å²) in [7, 11) is 0. The molecule has 0 saturated heterocycles. The minimum atomic E-state index is -0.614. The molecular formula is C14H15F2N3. The van der Waals surface area contributed by atoms with Crippen LogP contribution in [-0.4, -0.2) is 9.97 Å². The summed E-state index contributed by atoms with van der Waals surface area (Å²) in [5, 5.41) is 2.82. The molecule has 2 rings (SSSR count). The third kappa shape index (κ3) is 2.70. The van der Waals surface area contributed by atoms with Crippen LogP contribution in [0.1, 0.15) is 29.9 Å². The molecule has 0 aliphatic rings. The standard InChI is InChI=1S/C14H15F2N3/c1-8-4-5-11(15)14(12(8)16)19-10(3)13-9(2)17-6-7-18-13/h4-7,10,19H,1-3H3. The van der Waals surface area contributed by atoms with E-state index in [1.54, 1.807) is 26.2 Å². The van der Waals surface area contributed by atoms with Crippen molar-refractivity contribution in [3.63, 3.8) is 0 Å². The van der Waals surface area contributed by atoms with E-state index in [0.717, 1.165) is 5.69 Å². The minimum Gasteiger partial charge on any atom is -0.372 e. The van der Waals surface area contributed by atoms with Crippen molar-refractivity contribution in [2.75, 3.05) is 5.32 Å². The van der Waals surface area contributed by atoms with Gasteiger partial charge in [-0.25, -0.2) is 8.78 Å². The lowest BCUT2D eigenvalue weighted by Gasteiger charge is -2.17. The number of hydrogen-bond acceptors (Lipinski definition) is 3. The van der Waals surface area contributed by atoms with Gasteiger partial charge in [0.2, 0.25) is 0 Å². The quantitative estimate of drug-likeness (QED) is 0.920. The Hall–Kier alpha value is -2.04. The van der Waals surface area contributed by atoms with Crippen molar-refractivity contribution in [3.05, 3.63) is 53.1 Å². The van der Waals surface area contributed by atoms with Crippen LogP contribution < -0.4 is 5.32 Å². The Morgan fingerprint density at radius 2 is 1.79 bits per heavy atom. The van der Waals surface area contributed by atoms with Gasteiger partial charge in [-0.1, -0.05) is 6.07 Å². The van der Waals surface area contributed by atoms with Gasteiger partial charge in [0.15, 0.2) is 5.82 Å². The van der Waals surface area contributed by atoms with Crippen molar-refractivity contribution in [2.45, 2.75) is 26.8 Å². The van der Waals surface area contributed by atoms with E-state index in [2.05, 4.69) is 15.3 Å². The molecule has 0 fully saturated rings. The number of aryl methyl sites for hydroxylation is 2. The molecule has 1 heterocycles. The molecule has 0 bridgehead atoms. The lowest BCUT2D eigenvalue weighted by atomic mass is 10.1. The fraction of sp³-hybridized carbons (Fsp3) is 0.286. The zero-order chi connectivity index (χ0) is 14.0. The van der Waals surface area contributed by atoms with Crippen LogP contribution in [0.2, 0.25) is 0 Å². The molecule has 1 N–H and O–H groups in total. The van der Waals surface area contributed by atoms with Crippen molar-refractivity contribution >= 4 is 5.69 Å². The number of halogens is 2. The highest BCUT2D eigenvalue weighted by atomic mass is 19.1. The smallest absolute Gasteiger partial charge is 0.152 e. The van der Waals surface area contributed by atoms with Gasteiger partial charge in [-0.3, -0.25) is 9.97 Å². The molecule has 0 radical (unpaired) electrons. The number of nitrogens with one attached hydrogen (secondary N) is 1. The Morgan fingerprint density at radius 1 is 1.11 bits per heavy atom. The van der Waals surface area contributed by atoms with Crippen molar-refractivity contribution in [3.8, 4) is 0 Å². The maximum atomic E-state index is 13.9. The van der Waals surface area contributed by atoms with Crippen molar-refractivity contribution in [1.82, 2.24) is 9.97 Å². The number of aromatic nitrogens is 2. The van der Waals surface area contributed by atoms with Crippen molar-refractivity contribution < 1.29 is 8.78 Å². The fourth-order valence-electron chi connectivity index (χ4n) is 1.92. The number of hydrogen-bond donors (Lipinski definition) is 1. The lowest BCUT2D eigenvalue weighted by molar-refractivity contribution is 0.578. The molecule has 3 nitrogen and oxygen atoms in total. The van der Waals surface area contributed by atoms with Gasteiger partial charge in [-0.05, 0) is 32.4 Å². The van der Waals surface area contributed by atoms with E-state index in [4.69, 9.17) is 0 Å². The van der Waals surface area contributed by atoms with E-state index in [9.17, 15) is 8.78 Å². The molecule has 5 heteroatoms. The molecule has 0 saturated carbocycles. The molecule has 0 aliphatic heterocycles. The maximum absolute atomic E-state index is 13.9. The molecular weight excluding hydrogens is 248 g/mol. The lowest BCUT2D eigenvalue weighted by Crippen LogP contribution is -2.13. The molecule has 0 amide bonds. The summed E-state index contributed by atoms with van der Waals surface area (Å²) in [6, 6.07) is 2.32. The van der Waals surface area contributed by atoms with E-state index in [1.807, 2.05) is 6.92 Å². The second kappa shape index (κ2) is 5.30. The highest BCUT2D eigenvalue weighted by molar-refractivity contribution is 5.50. The molecule has 0 aliphatic carbocycles. The summed E-state index contributed by atoms with van der Waals surface area (Å²) in [6.45, 7) is 5.19. The van der Waals surface area contributed by atoms with Crippen molar-refractivity contribution in [1.29, 1.82) is 0 Å². The van der Waals surface area contributed by atoms with Crippen LogP contribution in [0.25, 0.3) is 0 Å².